The number of hydrogen-bond donors (Lipinski definition) is 0. The minimum absolute atomic E-state index is 0.336. The van der Waals surface area contributed by atoms with E-state index < -0.39 is 23.0 Å². The standard InChI is InChI=1S/C24H38N2O4/c1-3-5-7-9-11-15-19-29-21(27)23-17-13-14-18-24(23,26-25-23)22(28)30-20-16-12-10-8-6-4-2/h13-14,17-18H,3-12,15-16,19-20H2,1-2H3. The van der Waals surface area contributed by atoms with Gasteiger partial charge in [0.1, 0.15) is 0 Å². The molecule has 168 valence electrons. The summed E-state index contributed by atoms with van der Waals surface area (Å²) in [4.78, 5) is 25.7. The molecule has 0 aromatic carbocycles. The van der Waals surface area contributed by atoms with Crippen molar-refractivity contribution in [1.29, 1.82) is 0 Å². The van der Waals surface area contributed by atoms with Crippen molar-refractivity contribution >= 4 is 11.9 Å². The highest BCUT2D eigenvalue weighted by atomic mass is 16.5. The third-order valence-electron chi connectivity index (χ3n) is 5.82. The Morgan fingerprint density at radius 2 is 1.00 bits per heavy atom. The molecule has 1 aliphatic heterocycles. The van der Waals surface area contributed by atoms with Gasteiger partial charge in [-0.05, 0) is 25.0 Å². The molecule has 0 spiro atoms. The second kappa shape index (κ2) is 12.7. The summed E-state index contributed by atoms with van der Waals surface area (Å²) < 4.78 is 11.0. The lowest BCUT2D eigenvalue weighted by Gasteiger charge is -2.43. The van der Waals surface area contributed by atoms with Gasteiger partial charge < -0.3 is 9.47 Å². The molecule has 2 rings (SSSR count). The number of azo groups is 1. The first kappa shape index (κ1) is 24.3. The predicted octanol–water partition coefficient (Wildman–Crippen LogP) is 5.86. The molecule has 0 fully saturated rings. The van der Waals surface area contributed by atoms with Crippen LogP contribution in [0.5, 0.6) is 0 Å². The van der Waals surface area contributed by atoms with Crippen molar-refractivity contribution in [3.63, 3.8) is 0 Å². The van der Waals surface area contributed by atoms with Crippen LogP contribution in [0.2, 0.25) is 0 Å². The maximum Gasteiger partial charge on any atom is 0.343 e. The predicted molar refractivity (Wildman–Crippen MR) is 117 cm³/mol. The van der Waals surface area contributed by atoms with Gasteiger partial charge in [-0.15, -0.1) is 0 Å². The highest BCUT2D eigenvalue weighted by Gasteiger charge is 2.68. The van der Waals surface area contributed by atoms with Gasteiger partial charge in [-0.2, -0.15) is 10.2 Å². The highest BCUT2D eigenvalue weighted by molar-refractivity contribution is 6.00. The van der Waals surface area contributed by atoms with Gasteiger partial charge in [0.2, 0.25) is 11.1 Å². The van der Waals surface area contributed by atoms with Crippen molar-refractivity contribution in [2.24, 2.45) is 10.2 Å². The molecule has 0 aromatic rings. The summed E-state index contributed by atoms with van der Waals surface area (Å²) in [6.45, 7) is 5.04. The lowest BCUT2D eigenvalue weighted by atomic mass is 9.72. The van der Waals surface area contributed by atoms with Gasteiger partial charge in [-0.3, -0.25) is 0 Å². The van der Waals surface area contributed by atoms with Crippen LogP contribution in [0.25, 0.3) is 0 Å². The van der Waals surface area contributed by atoms with Gasteiger partial charge >= 0.3 is 11.9 Å². The van der Waals surface area contributed by atoms with Gasteiger partial charge in [0.15, 0.2) is 0 Å². The molecule has 1 aliphatic carbocycles. The van der Waals surface area contributed by atoms with Crippen LogP contribution < -0.4 is 0 Å². The molecule has 0 aromatic heterocycles. The molecule has 0 N–H and O–H groups in total. The summed E-state index contributed by atoms with van der Waals surface area (Å²) in [7, 11) is 0. The average Bonchev–Trinajstić information content (AvgIpc) is 2.73. The van der Waals surface area contributed by atoms with Crippen LogP contribution in [0.15, 0.2) is 34.5 Å². The Morgan fingerprint density at radius 3 is 1.37 bits per heavy atom. The Kier molecular flexibility index (Phi) is 10.2. The largest absolute Gasteiger partial charge is 0.464 e. The van der Waals surface area contributed by atoms with Gasteiger partial charge in [0.25, 0.3) is 0 Å². The van der Waals surface area contributed by atoms with E-state index in [1.54, 1.807) is 24.3 Å². The number of unbranched alkanes of at least 4 members (excludes halogenated alkanes) is 10. The number of carbonyl (C=O) groups excluding carboxylic acids is 2. The number of hydrogen-bond acceptors (Lipinski definition) is 6. The fraction of sp³-hybridized carbons (Fsp3) is 0.750. The Hall–Kier alpha value is -1.98. The lowest BCUT2D eigenvalue weighted by molar-refractivity contribution is -0.164. The number of rotatable bonds is 16. The summed E-state index contributed by atoms with van der Waals surface area (Å²) in [5.41, 5.74) is -2.83. The molecule has 6 nitrogen and oxygen atoms in total. The first-order valence-electron chi connectivity index (χ1n) is 11.8. The van der Waals surface area contributed by atoms with Crippen LogP contribution in [-0.4, -0.2) is 36.2 Å². The Bertz CT molecular complexity index is 589. The number of esters is 2. The van der Waals surface area contributed by atoms with E-state index in [-0.39, 0.29) is 0 Å². The normalized spacial score (nSPS) is 23.7. The van der Waals surface area contributed by atoms with E-state index in [1.165, 1.54) is 38.5 Å². The maximum atomic E-state index is 12.8. The highest BCUT2D eigenvalue weighted by Crippen LogP contribution is 2.46. The van der Waals surface area contributed by atoms with Crippen LogP contribution in [-0.2, 0) is 19.1 Å². The van der Waals surface area contributed by atoms with Crippen LogP contribution in [0.3, 0.4) is 0 Å². The minimum atomic E-state index is -1.41. The molecular weight excluding hydrogens is 380 g/mol. The second-order valence-corrected chi connectivity index (χ2v) is 8.26. The van der Waals surface area contributed by atoms with E-state index in [2.05, 4.69) is 24.1 Å². The fourth-order valence-corrected chi connectivity index (χ4v) is 3.82. The molecule has 0 saturated carbocycles. The number of carbonyl (C=O) groups is 2. The topological polar surface area (TPSA) is 77.3 Å². The molecule has 30 heavy (non-hydrogen) atoms. The minimum Gasteiger partial charge on any atom is -0.464 e. The third-order valence-corrected chi connectivity index (χ3v) is 5.82. The molecule has 1 heterocycles. The Balaban J connectivity index is 1.80. The first-order valence-corrected chi connectivity index (χ1v) is 11.8. The number of ether oxygens (including phenoxy) is 2. The Morgan fingerprint density at radius 1 is 0.633 bits per heavy atom. The molecule has 2 unspecified atom stereocenters. The van der Waals surface area contributed by atoms with Gasteiger partial charge in [-0.1, -0.05) is 90.2 Å². The molecule has 2 atom stereocenters. The van der Waals surface area contributed by atoms with Gasteiger partial charge in [0.05, 0.1) is 13.2 Å². The number of allylic oxidation sites excluding steroid dienone is 2. The van der Waals surface area contributed by atoms with Crippen LogP contribution >= 0.6 is 0 Å². The molecule has 0 saturated heterocycles. The van der Waals surface area contributed by atoms with Crippen molar-refractivity contribution in [3.05, 3.63) is 24.3 Å². The van der Waals surface area contributed by atoms with E-state index in [0.717, 1.165) is 38.5 Å². The van der Waals surface area contributed by atoms with Gasteiger partial charge in [-0.25, -0.2) is 9.59 Å². The quantitative estimate of drug-likeness (QED) is 0.232. The summed E-state index contributed by atoms with van der Waals surface area (Å²) in [5, 5.41) is 8.09. The molecule has 6 heteroatoms. The summed E-state index contributed by atoms with van der Waals surface area (Å²) in [6, 6.07) is 0. The van der Waals surface area contributed by atoms with Gasteiger partial charge in [0, 0.05) is 0 Å². The number of fused-ring (bicyclic) bond motifs is 1. The van der Waals surface area contributed by atoms with Crippen molar-refractivity contribution in [2.75, 3.05) is 13.2 Å². The zero-order valence-electron chi connectivity index (χ0n) is 18.7. The smallest absolute Gasteiger partial charge is 0.343 e. The molecule has 0 amide bonds. The second-order valence-electron chi connectivity index (χ2n) is 8.26. The number of nitrogens with zero attached hydrogens (tertiary/aromatic N) is 2. The van der Waals surface area contributed by atoms with E-state index in [1.807, 2.05) is 0 Å². The van der Waals surface area contributed by atoms with Crippen molar-refractivity contribution < 1.29 is 19.1 Å². The summed E-state index contributed by atoms with van der Waals surface area (Å²) in [5.74, 6) is -1.05. The molecule has 0 bridgehead atoms. The molecule has 2 aliphatic rings. The lowest BCUT2D eigenvalue weighted by Crippen LogP contribution is -2.65. The Labute approximate surface area is 181 Å². The first-order chi connectivity index (χ1) is 14.6. The monoisotopic (exact) mass is 418 g/mol. The average molecular weight is 419 g/mol. The van der Waals surface area contributed by atoms with E-state index in [4.69, 9.17) is 9.47 Å². The zero-order valence-corrected chi connectivity index (χ0v) is 18.7. The zero-order chi connectivity index (χ0) is 21.7. The maximum absolute atomic E-state index is 12.8. The van der Waals surface area contributed by atoms with Crippen molar-refractivity contribution in [3.8, 4) is 0 Å². The van der Waals surface area contributed by atoms with E-state index in [0.29, 0.717) is 13.2 Å². The SMILES string of the molecule is CCCCCCCCOC(=O)C12C=CC=CC1(C(=O)OCCCCCCCC)N=N2. The third kappa shape index (κ3) is 5.79. The van der Waals surface area contributed by atoms with Crippen LogP contribution in [0, 0.1) is 0 Å². The fourth-order valence-electron chi connectivity index (χ4n) is 3.82. The van der Waals surface area contributed by atoms with Crippen molar-refractivity contribution in [1.82, 2.24) is 0 Å². The molecule has 0 radical (unpaired) electrons. The van der Waals surface area contributed by atoms with E-state index >= 15 is 0 Å². The van der Waals surface area contributed by atoms with E-state index in [9.17, 15) is 9.59 Å². The summed E-state index contributed by atoms with van der Waals surface area (Å²) in [6.07, 6.45) is 19.9. The van der Waals surface area contributed by atoms with Crippen molar-refractivity contribution in [2.45, 2.75) is 102 Å². The van der Waals surface area contributed by atoms with Crippen LogP contribution in [0.1, 0.15) is 90.9 Å². The molecular formula is C24H38N2O4. The van der Waals surface area contributed by atoms with Crippen LogP contribution in [0.4, 0.5) is 0 Å². The summed E-state index contributed by atoms with van der Waals surface area (Å²) >= 11 is 0.